The molecule has 1 aromatic carbocycles. The molecule has 102 valence electrons. The SMILES string of the molecule is c1cc2c(c(-c3cc4c(cn3)CCCC4)c1)CCCC2. The number of aryl methyl sites for hydroxylation is 3. The van der Waals surface area contributed by atoms with Crippen LogP contribution in [0.1, 0.15) is 47.9 Å². The molecule has 2 aromatic rings. The van der Waals surface area contributed by atoms with Crippen LogP contribution in [0, 0.1) is 0 Å². The van der Waals surface area contributed by atoms with E-state index in [1.807, 2.05) is 0 Å². The van der Waals surface area contributed by atoms with Crippen molar-refractivity contribution < 1.29 is 0 Å². The fourth-order valence-electron chi connectivity index (χ4n) is 3.78. The van der Waals surface area contributed by atoms with E-state index in [1.54, 1.807) is 11.1 Å². The first-order chi connectivity index (χ1) is 9.92. The summed E-state index contributed by atoms with van der Waals surface area (Å²) in [6.07, 6.45) is 12.4. The van der Waals surface area contributed by atoms with Gasteiger partial charge in [0.15, 0.2) is 0 Å². The minimum Gasteiger partial charge on any atom is -0.256 e. The molecular weight excluding hydrogens is 242 g/mol. The lowest BCUT2D eigenvalue weighted by Gasteiger charge is -2.20. The van der Waals surface area contributed by atoms with Gasteiger partial charge >= 0.3 is 0 Å². The first-order valence-corrected chi connectivity index (χ1v) is 8.01. The first kappa shape index (κ1) is 12.1. The third-order valence-electron chi connectivity index (χ3n) is 4.90. The van der Waals surface area contributed by atoms with E-state index >= 15 is 0 Å². The van der Waals surface area contributed by atoms with Crippen LogP contribution in [-0.2, 0) is 25.7 Å². The number of hydrogen-bond acceptors (Lipinski definition) is 1. The maximum absolute atomic E-state index is 4.77. The fourth-order valence-corrected chi connectivity index (χ4v) is 3.78. The lowest BCUT2D eigenvalue weighted by atomic mass is 9.86. The van der Waals surface area contributed by atoms with Crippen LogP contribution >= 0.6 is 0 Å². The van der Waals surface area contributed by atoms with Gasteiger partial charge < -0.3 is 0 Å². The molecule has 0 amide bonds. The van der Waals surface area contributed by atoms with Gasteiger partial charge in [-0.1, -0.05) is 18.2 Å². The van der Waals surface area contributed by atoms with Crippen molar-refractivity contribution >= 4 is 0 Å². The molecule has 4 rings (SSSR count). The van der Waals surface area contributed by atoms with E-state index in [9.17, 15) is 0 Å². The molecule has 0 bridgehead atoms. The van der Waals surface area contributed by atoms with E-state index in [4.69, 9.17) is 4.98 Å². The van der Waals surface area contributed by atoms with Crippen LogP contribution in [0.25, 0.3) is 11.3 Å². The number of rotatable bonds is 1. The highest BCUT2D eigenvalue weighted by atomic mass is 14.7. The number of aromatic nitrogens is 1. The van der Waals surface area contributed by atoms with Crippen LogP contribution in [0.3, 0.4) is 0 Å². The Hall–Kier alpha value is -1.63. The van der Waals surface area contributed by atoms with Crippen LogP contribution in [0.15, 0.2) is 30.5 Å². The van der Waals surface area contributed by atoms with Gasteiger partial charge in [-0.2, -0.15) is 0 Å². The van der Waals surface area contributed by atoms with Gasteiger partial charge in [-0.3, -0.25) is 4.98 Å². The third kappa shape index (κ3) is 2.06. The maximum Gasteiger partial charge on any atom is 0.0707 e. The van der Waals surface area contributed by atoms with Crippen molar-refractivity contribution in [2.45, 2.75) is 51.4 Å². The van der Waals surface area contributed by atoms with Crippen LogP contribution < -0.4 is 0 Å². The van der Waals surface area contributed by atoms with Crippen molar-refractivity contribution in [2.75, 3.05) is 0 Å². The average Bonchev–Trinajstić information content (AvgIpc) is 2.54. The summed E-state index contributed by atoms with van der Waals surface area (Å²) in [5.41, 5.74) is 8.70. The largest absolute Gasteiger partial charge is 0.256 e. The summed E-state index contributed by atoms with van der Waals surface area (Å²) in [4.78, 5) is 4.77. The third-order valence-corrected chi connectivity index (χ3v) is 4.90. The Labute approximate surface area is 121 Å². The van der Waals surface area contributed by atoms with Gasteiger partial charge in [0.05, 0.1) is 5.69 Å². The van der Waals surface area contributed by atoms with Gasteiger partial charge in [0.1, 0.15) is 0 Å². The fraction of sp³-hybridized carbons (Fsp3) is 0.421. The Morgan fingerprint density at radius 2 is 1.50 bits per heavy atom. The monoisotopic (exact) mass is 263 g/mol. The summed E-state index contributed by atoms with van der Waals surface area (Å²) in [5.74, 6) is 0. The number of pyridine rings is 1. The predicted octanol–water partition coefficient (Wildman–Crippen LogP) is 4.51. The van der Waals surface area contributed by atoms with Gasteiger partial charge in [0, 0.05) is 11.8 Å². The van der Waals surface area contributed by atoms with Crippen molar-refractivity contribution in [1.82, 2.24) is 4.98 Å². The van der Waals surface area contributed by atoms with Gasteiger partial charge in [-0.25, -0.2) is 0 Å². The standard InChI is InChI=1S/C19H21N/c1-2-8-16-13-20-19(12-15(16)7-1)18-11-5-9-14-6-3-4-10-17(14)18/h5,9,11-13H,1-4,6-8,10H2. The van der Waals surface area contributed by atoms with Crippen molar-refractivity contribution in [3.05, 3.63) is 52.7 Å². The lowest BCUT2D eigenvalue weighted by molar-refractivity contribution is 0.681. The molecule has 0 atom stereocenters. The zero-order valence-corrected chi connectivity index (χ0v) is 12.0. The van der Waals surface area contributed by atoms with Crippen LogP contribution in [0.5, 0.6) is 0 Å². The first-order valence-electron chi connectivity index (χ1n) is 8.01. The van der Waals surface area contributed by atoms with Crippen LogP contribution in [-0.4, -0.2) is 4.98 Å². The number of fused-ring (bicyclic) bond motifs is 2. The van der Waals surface area contributed by atoms with E-state index in [2.05, 4.69) is 30.5 Å². The molecule has 1 nitrogen and oxygen atoms in total. The van der Waals surface area contributed by atoms with Gasteiger partial charge in [-0.15, -0.1) is 0 Å². The van der Waals surface area contributed by atoms with E-state index in [0.29, 0.717) is 0 Å². The molecule has 0 saturated heterocycles. The number of hydrogen-bond donors (Lipinski definition) is 0. The van der Waals surface area contributed by atoms with Crippen LogP contribution in [0.4, 0.5) is 0 Å². The van der Waals surface area contributed by atoms with Gasteiger partial charge in [0.25, 0.3) is 0 Å². The highest BCUT2D eigenvalue weighted by molar-refractivity contribution is 5.67. The maximum atomic E-state index is 4.77. The van der Waals surface area contributed by atoms with Crippen molar-refractivity contribution in [3.8, 4) is 11.3 Å². The molecule has 1 heterocycles. The molecule has 0 radical (unpaired) electrons. The number of benzene rings is 1. The summed E-state index contributed by atoms with van der Waals surface area (Å²) in [5, 5.41) is 0. The zero-order valence-electron chi connectivity index (χ0n) is 12.0. The average molecular weight is 263 g/mol. The smallest absolute Gasteiger partial charge is 0.0707 e. The molecule has 0 N–H and O–H groups in total. The molecule has 20 heavy (non-hydrogen) atoms. The second kappa shape index (κ2) is 5.05. The summed E-state index contributed by atoms with van der Waals surface area (Å²) < 4.78 is 0. The normalized spacial score (nSPS) is 17.4. The van der Waals surface area contributed by atoms with Crippen molar-refractivity contribution in [3.63, 3.8) is 0 Å². The summed E-state index contributed by atoms with van der Waals surface area (Å²) in [6, 6.07) is 9.14. The van der Waals surface area contributed by atoms with Crippen LogP contribution in [0.2, 0.25) is 0 Å². The quantitative estimate of drug-likeness (QED) is 0.738. The van der Waals surface area contributed by atoms with Gasteiger partial charge in [-0.05, 0) is 79.7 Å². The Morgan fingerprint density at radius 1 is 0.750 bits per heavy atom. The molecule has 0 spiro atoms. The molecule has 1 aromatic heterocycles. The zero-order chi connectivity index (χ0) is 13.4. The van der Waals surface area contributed by atoms with E-state index in [0.717, 1.165) is 0 Å². The Balaban J connectivity index is 1.81. The Kier molecular flexibility index (Phi) is 3.06. The highest BCUT2D eigenvalue weighted by Gasteiger charge is 2.16. The second-order valence-electron chi connectivity index (χ2n) is 6.20. The summed E-state index contributed by atoms with van der Waals surface area (Å²) >= 11 is 0. The lowest BCUT2D eigenvalue weighted by Crippen LogP contribution is -2.07. The van der Waals surface area contributed by atoms with Crippen molar-refractivity contribution in [2.24, 2.45) is 0 Å². The van der Waals surface area contributed by atoms with E-state index < -0.39 is 0 Å². The minimum absolute atomic E-state index is 1.20. The summed E-state index contributed by atoms with van der Waals surface area (Å²) in [7, 11) is 0. The minimum atomic E-state index is 1.20. The molecule has 2 aliphatic rings. The molecular formula is C19H21N. The Morgan fingerprint density at radius 3 is 2.40 bits per heavy atom. The Bertz CT molecular complexity index is 642. The van der Waals surface area contributed by atoms with E-state index in [1.165, 1.54) is 73.8 Å². The molecule has 0 unspecified atom stereocenters. The molecule has 1 heteroatoms. The van der Waals surface area contributed by atoms with E-state index in [-0.39, 0.29) is 0 Å². The number of nitrogens with zero attached hydrogens (tertiary/aromatic N) is 1. The second-order valence-corrected chi connectivity index (χ2v) is 6.20. The van der Waals surface area contributed by atoms with Crippen molar-refractivity contribution in [1.29, 1.82) is 0 Å². The molecule has 0 fully saturated rings. The highest BCUT2D eigenvalue weighted by Crippen LogP contribution is 2.32. The molecule has 0 saturated carbocycles. The molecule has 2 aliphatic carbocycles. The summed E-state index contributed by atoms with van der Waals surface area (Å²) in [6.45, 7) is 0. The predicted molar refractivity (Wildman–Crippen MR) is 83.0 cm³/mol. The molecule has 0 aliphatic heterocycles. The topological polar surface area (TPSA) is 12.9 Å². The van der Waals surface area contributed by atoms with Gasteiger partial charge in [0.2, 0.25) is 0 Å².